The molecule has 0 spiro atoms. The number of carbonyl (C=O) groups excluding carboxylic acids is 2. The van der Waals surface area contributed by atoms with Gasteiger partial charge in [-0.2, -0.15) is 0 Å². The lowest BCUT2D eigenvalue weighted by Gasteiger charge is -2.43. The van der Waals surface area contributed by atoms with Crippen molar-refractivity contribution >= 4 is 17.7 Å². The van der Waals surface area contributed by atoms with E-state index in [1.165, 1.54) is 16.8 Å². The van der Waals surface area contributed by atoms with Crippen LogP contribution in [0.5, 0.6) is 0 Å². The van der Waals surface area contributed by atoms with Crippen molar-refractivity contribution < 1.29 is 9.59 Å². The number of urea groups is 2. The summed E-state index contributed by atoms with van der Waals surface area (Å²) in [6, 6.07) is 6.51. The number of hydrogen-bond donors (Lipinski definition) is 1. The Morgan fingerprint density at radius 2 is 1.39 bits per heavy atom. The van der Waals surface area contributed by atoms with E-state index < -0.39 is 6.17 Å². The summed E-state index contributed by atoms with van der Waals surface area (Å²) in [5, 5.41) is 0. The Morgan fingerprint density at radius 1 is 0.944 bits per heavy atom. The predicted octanol–water partition coefficient (Wildman–Crippen LogP) is 1.32. The number of rotatable bonds is 1. The molecule has 2 rings (SSSR count). The molecule has 0 radical (unpaired) electrons. The van der Waals surface area contributed by atoms with Crippen LogP contribution >= 0.6 is 0 Å². The van der Waals surface area contributed by atoms with Gasteiger partial charge in [-0.25, -0.2) is 14.5 Å². The van der Waals surface area contributed by atoms with Crippen molar-refractivity contribution in [2.24, 2.45) is 0 Å². The lowest BCUT2D eigenvalue weighted by molar-refractivity contribution is 0.0603. The molecule has 0 aromatic heterocycles. The van der Waals surface area contributed by atoms with E-state index in [9.17, 15) is 9.59 Å². The number of benzene rings is 1. The molecule has 0 saturated carbocycles. The highest BCUT2D eigenvalue weighted by Crippen LogP contribution is 2.28. The van der Waals surface area contributed by atoms with Crippen LogP contribution in [0.3, 0.4) is 0 Å². The molecule has 1 saturated heterocycles. The normalized spacial score (nSPS) is 17.6. The number of nitrogens with zero attached hydrogens (tertiary/aromatic N) is 3. The molecule has 0 bridgehead atoms. The Kier molecular flexibility index (Phi) is 2.86. The predicted molar refractivity (Wildman–Crippen MR) is 67.7 cm³/mol. The van der Waals surface area contributed by atoms with Crippen LogP contribution in [0.4, 0.5) is 15.3 Å². The van der Waals surface area contributed by atoms with Gasteiger partial charge in [-0.05, 0) is 17.7 Å². The molecule has 1 aromatic carbocycles. The van der Waals surface area contributed by atoms with E-state index in [4.69, 9.17) is 5.73 Å². The molecule has 1 aliphatic rings. The second-order valence-corrected chi connectivity index (χ2v) is 4.39. The maximum absolute atomic E-state index is 11.9. The summed E-state index contributed by atoms with van der Waals surface area (Å²) >= 11 is 0. The number of amides is 4. The van der Waals surface area contributed by atoms with Crippen LogP contribution < -0.4 is 5.73 Å². The minimum atomic E-state index is -0.401. The van der Waals surface area contributed by atoms with Gasteiger partial charge >= 0.3 is 12.1 Å². The van der Waals surface area contributed by atoms with Crippen molar-refractivity contribution in [3.63, 3.8) is 0 Å². The Labute approximate surface area is 106 Å². The van der Waals surface area contributed by atoms with Gasteiger partial charge in [-0.15, -0.1) is 0 Å². The summed E-state index contributed by atoms with van der Waals surface area (Å²) in [6.07, 6.45) is -0.401. The Bertz CT molecular complexity index is 463. The van der Waals surface area contributed by atoms with Gasteiger partial charge in [0.1, 0.15) is 6.17 Å². The molecule has 0 aliphatic carbocycles. The molecule has 1 heterocycles. The van der Waals surface area contributed by atoms with Gasteiger partial charge in [0, 0.05) is 26.8 Å². The maximum atomic E-state index is 11.9. The van der Waals surface area contributed by atoms with Gasteiger partial charge in [0.2, 0.25) is 0 Å². The van der Waals surface area contributed by atoms with Crippen LogP contribution in [-0.2, 0) is 0 Å². The topological polar surface area (TPSA) is 69.9 Å². The molecule has 96 valence electrons. The zero-order chi connectivity index (χ0) is 13.4. The SMILES string of the molecule is CN1C(=O)N(C)C(c2ccc(N)cc2)N(C)C1=O. The van der Waals surface area contributed by atoms with E-state index in [1.54, 1.807) is 26.2 Å². The van der Waals surface area contributed by atoms with Crippen LogP contribution in [0.2, 0.25) is 0 Å². The highest BCUT2D eigenvalue weighted by Gasteiger charge is 2.39. The fourth-order valence-electron chi connectivity index (χ4n) is 2.14. The first-order valence-corrected chi connectivity index (χ1v) is 5.56. The fraction of sp³-hybridized carbons (Fsp3) is 0.333. The first-order chi connectivity index (χ1) is 8.43. The van der Waals surface area contributed by atoms with E-state index in [0.29, 0.717) is 5.69 Å². The average Bonchev–Trinajstić information content (AvgIpc) is 2.36. The van der Waals surface area contributed by atoms with Crippen molar-refractivity contribution in [3.05, 3.63) is 29.8 Å². The van der Waals surface area contributed by atoms with Crippen LogP contribution in [0, 0.1) is 0 Å². The van der Waals surface area contributed by atoms with Crippen molar-refractivity contribution in [3.8, 4) is 0 Å². The molecule has 0 atom stereocenters. The Hall–Kier alpha value is -2.24. The number of imide groups is 1. The molecule has 2 N–H and O–H groups in total. The summed E-state index contributed by atoms with van der Waals surface area (Å²) in [7, 11) is 4.81. The standard InChI is InChI=1S/C12H16N4O2/c1-14-10(8-4-6-9(13)7-5-8)15(2)12(18)16(3)11(14)17/h4-7,10H,13H2,1-3H3. The Morgan fingerprint density at radius 3 is 1.83 bits per heavy atom. The minimum Gasteiger partial charge on any atom is -0.399 e. The summed E-state index contributed by atoms with van der Waals surface area (Å²) in [6.45, 7) is 0. The van der Waals surface area contributed by atoms with E-state index in [2.05, 4.69) is 0 Å². The van der Waals surface area contributed by atoms with E-state index >= 15 is 0 Å². The zero-order valence-electron chi connectivity index (χ0n) is 10.6. The number of anilines is 1. The van der Waals surface area contributed by atoms with Gasteiger partial charge in [0.05, 0.1) is 0 Å². The van der Waals surface area contributed by atoms with E-state index in [-0.39, 0.29) is 12.1 Å². The van der Waals surface area contributed by atoms with Gasteiger partial charge in [-0.3, -0.25) is 0 Å². The van der Waals surface area contributed by atoms with Crippen LogP contribution in [0.15, 0.2) is 24.3 Å². The molecule has 6 nitrogen and oxygen atoms in total. The third-order valence-corrected chi connectivity index (χ3v) is 3.15. The largest absolute Gasteiger partial charge is 0.399 e. The van der Waals surface area contributed by atoms with Crippen molar-refractivity contribution in [2.75, 3.05) is 26.9 Å². The summed E-state index contributed by atoms with van der Waals surface area (Å²) in [5.41, 5.74) is 7.13. The molecule has 0 unspecified atom stereocenters. The zero-order valence-corrected chi connectivity index (χ0v) is 10.6. The summed E-state index contributed by atoms with van der Waals surface area (Å²) in [4.78, 5) is 28.0. The molecule has 4 amide bonds. The lowest BCUT2D eigenvalue weighted by atomic mass is 10.1. The van der Waals surface area contributed by atoms with E-state index in [1.807, 2.05) is 12.1 Å². The summed E-state index contributed by atoms with van der Waals surface area (Å²) < 4.78 is 0. The minimum absolute atomic E-state index is 0.320. The molecular formula is C12H16N4O2. The van der Waals surface area contributed by atoms with Crippen molar-refractivity contribution in [1.82, 2.24) is 14.7 Å². The molecule has 1 fully saturated rings. The number of nitrogens with two attached hydrogens (primary N) is 1. The van der Waals surface area contributed by atoms with Crippen LogP contribution in [0.1, 0.15) is 11.7 Å². The van der Waals surface area contributed by atoms with Crippen LogP contribution in [0.25, 0.3) is 0 Å². The highest BCUT2D eigenvalue weighted by atomic mass is 16.2. The van der Waals surface area contributed by atoms with Crippen LogP contribution in [-0.4, -0.2) is 47.9 Å². The first-order valence-electron chi connectivity index (χ1n) is 5.56. The second-order valence-electron chi connectivity index (χ2n) is 4.39. The molecule has 1 aromatic rings. The monoisotopic (exact) mass is 248 g/mol. The summed E-state index contributed by atoms with van der Waals surface area (Å²) in [5.74, 6) is 0. The fourth-order valence-corrected chi connectivity index (χ4v) is 2.14. The smallest absolute Gasteiger partial charge is 0.329 e. The number of nitrogen functional groups attached to an aromatic ring is 1. The quantitative estimate of drug-likeness (QED) is 0.762. The lowest BCUT2D eigenvalue weighted by Crippen LogP contribution is -2.58. The molecule has 1 aliphatic heterocycles. The third-order valence-electron chi connectivity index (χ3n) is 3.15. The van der Waals surface area contributed by atoms with Gasteiger partial charge in [-0.1, -0.05) is 12.1 Å². The molecular weight excluding hydrogens is 232 g/mol. The van der Waals surface area contributed by atoms with E-state index in [0.717, 1.165) is 10.5 Å². The second kappa shape index (κ2) is 4.21. The van der Waals surface area contributed by atoms with Gasteiger partial charge in [0.15, 0.2) is 0 Å². The van der Waals surface area contributed by atoms with Crippen molar-refractivity contribution in [2.45, 2.75) is 6.17 Å². The average molecular weight is 248 g/mol. The highest BCUT2D eigenvalue weighted by molar-refractivity contribution is 5.95. The maximum Gasteiger partial charge on any atom is 0.329 e. The van der Waals surface area contributed by atoms with Crippen molar-refractivity contribution in [1.29, 1.82) is 0 Å². The van der Waals surface area contributed by atoms with Gasteiger partial charge < -0.3 is 15.5 Å². The number of carbonyl (C=O) groups is 2. The first kappa shape index (κ1) is 12.2. The number of hydrogen-bond acceptors (Lipinski definition) is 3. The third kappa shape index (κ3) is 1.75. The molecule has 6 heteroatoms. The van der Waals surface area contributed by atoms with Gasteiger partial charge in [0.25, 0.3) is 0 Å². The molecule has 18 heavy (non-hydrogen) atoms. The Balaban J connectivity index is 2.39.